The van der Waals surface area contributed by atoms with Crippen molar-refractivity contribution in [2.45, 2.75) is 63.1 Å². The molecule has 3 saturated heterocycles. The molecule has 1 spiro atoms. The highest BCUT2D eigenvalue weighted by molar-refractivity contribution is 5.37. The molecule has 6 atom stereocenters. The number of hydrogen-bond donors (Lipinski definition) is 1. The van der Waals surface area contributed by atoms with Crippen LogP contribution >= 0.6 is 0 Å². The number of allylic oxidation sites excluding steroid dienone is 3. The van der Waals surface area contributed by atoms with E-state index < -0.39 is 16.8 Å². The number of hydrogen-bond acceptors (Lipinski definition) is 6. The Balaban J connectivity index is 1.71. The van der Waals surface area contributed by atoms with Crippen molar-refractivity contribution < 1.29 is 24.1 Å². The first-order valence-corrected chi connectivity index (χ1v) is 10.7. The number of methoxy groups -OCH3 is 1. The first-order valence-electron chi connectivity index (χ1n) is 10.7. The summed E-state index contributed by atoms with van der Waals surface area (Å²) in [5.41, 5.74) is -1.38. The quantitative estimate of drug-likeness (QED) is 0.797. The minimum absolute atomic E-state index is 0.0826. The maximum Gasteiger partial charge on any atom is 0.206 e. The summed E-state index contributed by atoms with van der Waals surface area (Å²) >= 11 is 0. The second kappa shape index (κ2) is 6.21. The molecule has 0 radical (unpaired) electrons. The maximum atomic E-state index is 12.1. The zero-order valence-corrected chi connectivity index (χ0v) is 17.4. The van der Waals surface area contributed by atoms with E-state index in [9.17, 15) is 5.11 Å². The van der Waals surface area contributed by atoms with Crippen LogP contribution in [0.1, 0.15) is 39.5 Å². The average molecular weight is 392 g/mol. The van der Waals surface area contributed by atoms with E-state index in [2.05, 4.69) is 24.9 Å². The summed E-state index contributed by atoms with van der Waals surface area (Å²) < 4.78 is 25.1. The third kappa shape index (κ3) is 2.12. The second-order valence-electron chi connectivity index (χ2n) is 9.32. The molecule has 3 aliphatic heterocycles. The number of rotatable bonds is 3. The molecule has 156 valence electrons. The van der Waals surface area contributed by atoms with Crippen molar-refractivity contribution >= 4 is 0 Å². The Hall–Kier alpha value is -1.08. The van der Waals surface area contributed by atoms with Gasteiger partial charge in [0.15, 0.2) is 11.9 Å². The number of aliphatic hydroxyl groups is 1. The molecule has 6 heteroatoms. The van der Waals surface area contributed by atoms with Crippen LogP contribution < -0.4 is 0 Å². The normalized spacial score (nSPS) is 46.9. The average Bonchev–Trinajstić information content (AvgIpc) is 3.06. The van der Waals surface area contributed by atoms with Gasteiger partial charge in [-0.1, -0.05) is 13.0 Å². The summed E-state index contributed by atoms with van der Waals surface area (Å²) in [4.78, 5) is 2.32. The number of piperidine rings is 1. The molecule has 6 nitrogen and oxygen atoms in total. The van der Waals surface area contributed by atoms with Gasteiger partial charge in [-0.25, -0.2) is 0 Å². The minimum Gasteiger partial charge on any atom is -0.493 e. The second-order valence-corrected chi connectivity index (χ2v) is 9.32. The summed E-state index contributed by atoms with van der Waals surface area (Å²) in [6, 6.07) is 0.0826. The van der Waals surface area contributed by atoms with E-state index in [4.69, 9.17) is 18.9 Å². The fourth-order valence-corrected chi connectivity index (χ4v) is 6.93. The van der Waals surface area contributed by atoms with Gasteiger partial charge >= 0.3 is 0 Å². The van der Waals surface area contributed by atoms with Gasteiger partial charge in [0.05, 0.1) is 31.3 Å². The van der Waals surface area contributed by atoms with E-state index in [1.165, 1.54) is 0 Å². The lowest BCUT2D eigenvalue weighted by Crippen LogP contribution is -2.75. The molecule has 6 unspecified atom stereocenters. The van der Waals surface area contributed by atoms with Crippen LogP contribution in [0.15, 0.2) is 23.7 Å². The van der Waals surface area contributed by atoms with Crippen LogP contribution in [0, 0.1) is 17.3 Å². The van der Waals surface area contributed by atoms with Crippen molar-refractivity contribution in [3.63, 3.8) is 0 Å². The van der Waals surface area contributed by atoms with E-state index in [-0.39, 0.29) is 18.1 Å². The van der Waals surface area contributed by atoms with Gasteiger partial charge in [-0.05, 0) is 51.8 Å². The largest absolute Gasteiger partial charge is 0.493 e. The number of nitrogens with zero attached hydrogens (tertiary/aromatic N) is 1. The predicted octanol–water partition coefficient (Wildman–Crippen LogP) is 2.43. The molecule has 2 bridgehead atoms. The molecule has 0 aromatic rings. The Labute approximate surface area is 167 Å². The molecule has 5 aliphatic rings. The summed E-state index contributed by atoms with van der Waals surface area (Å²) in [6.45, 7) is 6.37. The number of fused-ring (bicyclic) bond motifs is 1. The third-order valence-electron chi connectivity index (χ3n) is 8.31. The molecular formula is C22H33NO5. The van der Waals surface area contributed by atoms with Crippen molar-refractivity contribution in [3.8, 4) is 0 Å². The smallest absolute Gasteiger partial charge is 0.206 e. The molecule has 0 aromatic carbocycles. The van der Waals surface area contributed by atoms with Crippen molar-refractivity contribution in [1.82, 2.24) is 4.90 Å². The standard InChI is InChI=1S/C22H33NO5/c1-5-22(26-11-6-12-27-22)19-21-9-10-23(3)16(20(21,2)24)13-14-7-8-15(25-4)18(28-19)17(14)21/h7-8,14,16-17,19,24H,5-6,9-13H2,1-4H3. The Morgan fingerprint density at radius 3 is 2.75 bits per heavy atom. The number of likely N-dealkylation sites (tertiary alicyclic amines) is 1. The fraction of sp³-hybridized carbons (Fsp3) is 0.818. The Bertz CT molecular complexity index is 710. The van der Waals surface area contributed by atoms with Crippen molar-refractivity contribution in [1.29, 1.82) is 0 Å². The van der Waals surface area contributed by atoms with Crippen LogP contribution in [0.5, 0.6) is 0 Å². The molecule has 3 heterocycles. The van der Waals surface area contributed by atoms with Gasteiger partial charge in [0, 0.05) is 18.4 Å². The van der Waals surface area contributed by atoms with Crippen LogP contribution in [0.4, 0.5) is 0 Å². The number of ether oxygens (including phenoxy) is 4. The lowest BCUT2D eigenvalue weighted by molar-refractivity contribution is -0.345. The molecule has 0 aromatic heterocycles. The third-order valence-corrected chi connectivity index (χ3v) is 8.31. The van der Waals surface area contributed by atoms with E-state index >= 15 is 0 Å². The van der Waals surface area contributed by atoms with Gasteiger partial charge < -0.3 is 29.0 Å². The van der Waals surface area contributed by atoms with Crippen LogP contribution in [0.3, 0.4) is 0 Å². The zero-order chi connectivity index (χ0) is 19.7. The SMILES string of the molecule is CCC1(C2OC3=C(OC)C=CC4CC5N(C)CCC2(C34)C5(C)O)OCCCO1. The fourth-order valence-electron chi connectivity index (χ4n) is 6.93. The molecule has 0 amide bonds. The first kappa shape index (κ1) is 18.9. The Kier molecular flexibility index (Phi) is 4.19. The van der Waals surface area contributed by atoms with Gasteiger partial charge in [0.25, 0.3) is 0 Å². The van der Waals surface area contributed by atoms with Gasteiger partial charge in [-0.3, -0.25) is 0 Å². The molecule has 4 fully saturated rings. The first-order chi connectivity index (χ1) is 13.4. The van der Waals surface area contributed by atoms with Crippen LogP contribution in [0.2, 0.25) is 0 Å². The maximum absolute atomic E-state index is 12.1. The summed E-state index contributed by atoms with van der Waals surface area (Å²) in [5, 5.41) is 12.1. The highest BCUT2D eigenvalue weighted by Gasteiger charge is 2.76. The van der Waals surface area contributed by atoms with Crippen LogP contribution in [-0.4, -0.2) is 67.5 Å². The van der Waals surface area contributed by atoms with Gasteiger partial charge in [0.1, 0.15) is 5.76 Å². The van der Waals surface area contributed by atoms with E-state index in [1.54, 1.807) is 7.11 Å². The van der Waals surface area contributed by atoms with Gasteiger partial charge in [-0.2, -0.15) is 0 Å². The summed E-state index contributed by atoms with van der Waals surface area (Å²) in [7, 11) is 3.82. The molecule has 1 N–H and O–H groups in total. The molecule has 28 heavy (non-hydrogen) atoms. The summed E-state index contributed by atoms with van der Waals surface area (Å²) in [5.74, 6) is 1.25. The lowest BCUT2D eigenvalue weighted by atomic mass is 9.47. The highest BCUT2D eigenvalue weighted by Crippen LogP contribution is 2.68. The van der Waals surface area contributed by atoms with E-state index in [1.807, 2.05) is 13.0 Å². The monoisotopic (exact) mass is 391 g/mol. The van der Waals surface area contributed by atoms with Crippen LogP contribution in [-0.2, 0) is 18.9 Å². The summed E-state index contributed by atoms with van der Waals surface area (Å²) in [6.07, 6.45) is 7.30. The van der Waals surface area contributed by atoms with Crippen molar-refractivity contribution in [3.05, 3.63) is 23.7 Å². The lowest BCUT2D eigenvalue weighted by Gasteiger charge is -2.64. The molecular weight excluding hydrogens is 358 g/mol. The molecule has 5 rings (SSSR count). The van der Waals surface area contributed by atoms with Gasteiger partial charge in [-0.15, -0.1) is 0 Å². The van der Waals surface area contributed by atoms with Crippen molar-refractivity contribution in [2.75, 3.05) is 33.9 Å². The van der Waals surface area contributed by atoms with E-state index in [0.717, 1.165) is 37.3 Å². The topological polar surface area (TPSA) is 60.4 Å². The Morgan fingerprint density at radius 1 is 1.32 bits per heavy atom. The minimum atomic E-state index is -0.913. The molecule has 2 aliphatic carbocycles. The Morgan fingerprint density at radius 2 is 2.07 bits per heavy atom. The predicted molar refractivity (Wildman–Crippen MR) is 103 cm³/mol. The van der Waals surface area contributed by atoms with Crippen molar-refractivity contribution in [2.24, 2.45) is 17.3 Å². The highest BCUT2D eigenvalue weighted by atomic mass is 16.7. The zero-order valence-electron chi connectivity index (χ0n) is 17.4. The molecule has 1 saturated carbocycles. The number of likely N-dealkylation sites (N-methyl/N-ethyl adjacent to an activating group) is 1. The van der Waals surface area contributed by atoms with Crippen LogP contribution in [0.25, 0.3) is 0 Å². The van der Waals surface area contributed by atoms with Gasteiger partial charge in [0.2, 0.25) is 5.79 Å². The van der Waals surface area contributed by atoms with E-state index in [0.29, 0.717) is 25.6 Å².